The van der Waals surface area contributed by atoms with Crippen molar-refractivity contribution in [1.82, 2.24) is 14.5 Å². The van der Waals surface area contributed by atoms with Gasteiger partial charge in [-0.15, -0.1) is 0 Å². The molecule has 3 aliphatic rings. The number of hydrogen-bond acceptors (Lipinski definition) is 7. The smallest absolute Gasteiger partial charge is 0.323 e. The van der Waals surface area contributed by atoms with Crippen molar-refractivity contribution in [3.63, 3.8) is 0 Å². The number of anilines is 3. The molecule has 10 heteroatoms. The fourth-order valence-electron chi connectivity index (χ4n) is 5.64. The summed E-state index contributed by atoms with van der Waals surface area (Å²) in [6, 6.07) is 10.1. The second kappa shape index (κ2) is 9.25. The first kappa shape index (κ1) is 23.4. The number of fused-ring (bicyclic) bond motifs is 4. The number of ketones is 1. The molecular formula is C29H26N6O4. The number of benzene rings is 1. The Morgan fingerprint density at radius 2 is 1.90 bits per heavy atom. The quantitative estimate of drug-likeness (QED) is 0.377. The SMILES string of the molecule is Cn1cc(/C=C2\Oc3ccc(NC(=O)Nc4cccnc4)cc3C2=O)c2c(N3CC4CCC(C3)O4)ccnc21. The van der Waals surface area contributed by atoms with Crippen LogP contribution in [0.1, 0.15) is 28.8 Å². The number of Topliss-reactive ketones (excluding diaryl/α,β-unsaturated/α-hetero) is 1. The van der Waals surface area contributed by atoms with E-state index < -0.39 is 6.03 Å². The molecule has 2 unspecified atom stereocenters. The van der Waals surface area contributed by atoms with Crippen molar-refractivity contribution in [2.45, 2.75) is 25.0 Å². The van der Waals surface area contributed by atoms with Crippen molar-refractivity contribution in [3.8, 4) is 5.75 Å². The van der Waals surface area contributed by atoms with E-state index in [0.717, 1.165) is 48.2 Å². The first-order valence-electron chi connectivity index (χ1n) is 12.9. The summed E-state index contributed by atoms with van der Waals surface area (Å²) in [7, 11) is 1.95. The molecule has 0 radical (unpaired) electrons. The van der Waals surface area contributed by atoms with Gasteiger partial charge in [-0.05, 0) is 55.3 Å². The van der Waals surface area contributed by atoms with Crippen molar-refractivity contribution in [2.75, 3.05) is 28.6 Å². The molecule has 2 fully saturated rings. The monoisotopic (exact) mass is 522 g/mol. The van der Waals surface area contributed by atoms with Crippen LogP contribution in [0.4, 0.5) is 21.9 Å². The van der Waals surface area contributed by atoms with E-state index in [1.165, 1.54) is 0 Å². The molecule has 3 aliphatic heterocycles. The Bertz CT molecular complexity index is 1630. The second-order valence-corrected chi connectivity index (χ2v) is 10.1. The number of urea groups is 1. The third-order valence-electron chi connectivity index (χ3n) is 7.38. The van der Waals surface area contributed by atoms with E-state index >= 15 is 0 Å². The molecule has 0 saturated carbocycles. The number of pyridine rings is 2. The number of hydrogen-bond donors (Lipinski definition) is 2. The van der Waals surface area contributed by atoms with Gasteiger partial charge >= 0.3 is 6.03 Å². The molecule has 3 aromatic heterocycles. The number of nitrogens with zero attached hydrogens (tertiary/aromatic N) is 4. The molecule has 6 heterocycles. The van der Waals surface area contributed by atoms with Gasteiger partial charge in [0.15, 0.2) is 5.76 Å². The number of amides is 2. The number of carbonyl (C=O) groups excluding carboxylic acids is 2. The minimum Gasteiger partial charge on any atom is -0.452 e. The first-order chi connectivity index (χ1) is 19.0. The van der Waals surface area contributed by atoms with Gasteiger partial charge in [0.25, 0.3) is 0 Å². The van der Waals surface area contributed by atoms with Gasteiger partial charge in [0, 0.05) is 55.4 Å². The zero-order valence-electron chi connectivity index (χ0n) is 21.3. The Labute approximate surface area is 224 Å². The summed E-state index contributed by atoms with van der Waals surface area (Å²) in [5.74, 6) is 0.437. The van der Waals surface area contributed by atoms with E-state index in [-0.39, 0.29) is 23.8 Å². The highest BCUT2D eigenvalue weighted by Crippen LogP contribution is 2.38. The summed E-state index contributed by atoms with van der Waals surface area (Å²) >= 11 is 0. The highest BCUT2D eigenvalue weighted by molar-refractivity contribution is 6.16. The summed E-state index contributed by atoms with van der Waals surface area (Å²) < 4.78 is 14.0. The van der Waals surface area contributed by atoms with Crippen LogP contribution >= 0.6 is 0 Å². The number of aryl methyl sites for hydroxylation is 1. The third-order valence-corrected chi connectivity index (χ3v) is 7.38. The standard InChI is InChI=1S/C29H26N6O4/c1-34-14-17(26-23(8-10-31-28(26)34)35-15-20-5-6-21(16-35)38-20)11-25-27(36)22-12-18(4-7-24(22)39-25)32-29(37)33-19-3-2-9-30-13-19/h2-4,7-14,20-21H,5-6,15-16H2,1H3,(H2,32,33,37)/b25-11-. The van der Waals surface area contributed by atoms with E-state index in [0.29, 0.717) is 22.7 Å². The Balaban J connectivity index is 1.16. The summed E-state index contributed by atoms with van der Waals surface area (Å²) in [6.45, 7) is 1.68. The highest BCUT2D eigenvalue weighted by Gasteiger charge is 2.35. The maximum absolute atomic E-state index is 13.4. The highest BCUT2D eigenvalue weighted by atomic mass is 16.5. The predicted octanol–water partition coefficient (Wildman–Crippen LogP) is 4.60. The van der Waals surface area contributed by atoms with Crippen LogP contribution in [-0.4, -0.2) is 51.6 Å². The van der Waals surface area contributed by atoms with Crippen LogP contribution < -0.4 is 20.3 Å². The second-order valence-electron chi connectivity index (χ2n) is 10.1. The van der Waals surface area contributed by atoms with Crippen LogP contribution in [0.25, 0.3) is 17.1 Å². The number of allylic oxidation sites excluding steroid dienone is 1. The summed E-state index contributed by atoms with van der Waals surface area (Å²) in [4.78, 5) is 36.7. The lowest BCUT2D eigenvalue weighted by Gasteiger charge is -2.34. The van der Waals surface area contributed by atoms with Crippen molar-refractivity contribution >= 4 is 46.0 Å². The molecule has 7 rings (SSSR count). The van der Waals surface area contributed by atoms with Crippen LogP contribution in [0.5, 0.6) is 5.75 Å². The number of ether oxygens (including phenoxy) is 2. The van der Waals surface area contributed by atoms with Crippen LogP contribution in [0.3, 0.4) is 0 Å². The van der Waals surface area contributed by atoms with E-state index in [2.05, 4.69) is 25.5 Å². The van der Waals surface area contributed by atoms with Crippen LogP contribution in [-0.2, 0) is 11.8 Å². The summed E-state index contributed by atoms with van der Waals surface area (Å²) in [5.41, 5.74) is 4.22. The minimum atomic E-state index is -0.433. The first-order valence-corrected chi connectivity index (χ1v) is 12.9. The molecule has 39 heavy (non-hydrogen) atoms. The molecule has 2 bridgehead atoms. The van der Waals surface area contributed by atoms with Crippen molar-refractivity contribution in [3.05, 3.63) is 78.1 Å². The van der Waals surface area contributed by atoms with E-state index in [1.807, 2.05) is 30.1 Å². The Morgan fingerprint density at radius 1 is 1.08 bits per heavy atom. The van der Waals surface area contributed by atoms with Gasteiger partial charge in [-0.25, -0.2) is 9.78 Å². The van der Waals surface area contributed by atoms with Gasteiger partial charge in [0.2, 0.25) is 5.78 Å². The van der Waals surface area contributed by atoms with E-state index in [9.17, 15) is 9.59 Å². The average molecular weight is 523 g/mol. The third kappa shape index (κ3) is 4.28. The van der Waals surface area contributed by atoms with Gasteiger partial charge < -0.3 is 29.6 Å². The molecule has 2 N–H and O–H groups in total. The van der Waals surface area contributed by atoms with Crippen molar-refractivity contribution < 1.29 is 19.1 Å². The molecule has 1 aromatic carbocycles. The molecular weight excluding hydrogens is 496 g/mol. The number of aromatic nitrogens is 3. The maximum atomic E-state index is 13.4. The van der Waals surface area contributed by atoms with Gasteiger partial charge in [0.05, 0.1) is 35.3 Å². The van der Waals surface area contributed by atoms with Crippen LogP contribution in [0.15, 0.2) is 66.9 Å². The maximum Gasteiger partial charge on any atom is 0.323 e. The van der Waals surface area contributed by atoms with E-state index in [1.54, 1.807) is 48.8 Å². The lowest BCUT2D eigenvalue weighted by atomic mass is 10.1. The molecule has 2 atom stereocenters. The fourth-order valence-corrected chi connectivity index (χ4v) is 5.64. The number of nitrogens with one attached hydrogen (secondary N) is 2. The molecule has 10 nitrogen and oxygen atoms in total. The zero-order chi connectivity index (χ0) is 26.5. The predicted molar refractivity (Wildman–Crippen MR) is 147 cm³/mol. The molecule has 4 aromatic rings. The van der Waals surface area contributed by atoms with Crippen molar-refractivity contribution in [2.24, 2.45) is 7.05 Å². The van der Waals surface area contributed by atoms with Gasteiger partial charge in [-0.2, -0.15) is 0 Å². The largest absolute Gasteiger partial charge is 0.452 e. The van der Waals surface area contributed by atoms with E-state index in [4.69, 9.17) is 9.47 Å². The van der Waals surface area contributed by atoms with Crippen LogP contribution in [0, 0.1) is 0 Å². The summed E-state index contributed by atoms with van der Waals surface area (Å²) in [5, 5.41) is 6.45. The molecule has 0 aliphatic carbocycles. The Morgan fingerprint density at radius 3 is 2.69 bits per heavy atom. The molecule has 196 valence electrons. The average Bonchev–Trinajstić information content (AvgIpc) is 3.56. The lowest BCUT2D eigenvalue weighted by Crippen LogP contribution is -2.42. The molecule has 2 amide bonds. The molecule has 0 spiro atoms. The Kier molecular flexibility index (Phi) is 5.55. The molecule has 2 saturated heterocycles. The number of rotatable bonds is 4. The van der Waals surface area contributed by atoms with Crippen molar-refractivity contribution in [1.29, 1.82) is 0 Å². The lowest BCUT2D eigenvalue weighted by molar-refractivity contribution is 0.0306. The zero-order valence-corrected chi connectivity index (χ0v) is 21.3. The van der Waals surface area contributed by atoms with Crippen LogP contribution in [0.2, 0.25) is 0 Å². The Hall–Kier alpha value is -4.70. The van der Waals surface area contributed by atoms with Gasteiger partial charge in [0.1, 0.15) is 11.4 Å². The fraction of sp³-hybridized carbons (Fsp3) is 0.241. The summed E-state index contributed by atoms with van der Waals surface area (Å²) in [6.07, 6.45) is 11.4. The topological polar surface area (TPSA) is 111 Å². The van der Waals surface area contributed by atoms with Gasteiger partial charge in [-0.1, -0.05) is 0 Å². The minimum absolute atomic E-state index is 0.228. The number of morpholine rings is 1. The van der Waals surface area contributed by atoms with Gasteiger partial charge in [-0.3, -0.25) is 9.78 Å². The number of carbonyl (C=O) groups is 2. The normalized spacial score (nSPS) is 20.8.